The predicted molar refractivity (Wildman–Crippen MR) is 115 cm³/mol. The molecule has 0 heterocycles. The van der Waals surface area contributed by atoms with Gasteiger partial charge in [-0.25, -0.2) is 0 Å². The summed E-state index contributed by atoms with van der Waals surface area (Å²) < 4.78 is 0. The molecule has 10 nitrogen and oxygen atoms in total. The third kappa shape index (κ3) is 2.90. The number of aromatic hydroxyl groups is 1. The summed E-state index contributed by atoms with van der Waals surface area (Å²) in [4.78, 5) is 66.8. The van der Waals surface area contributed by atoms with Crippen molar-refractivity contribution in [2.45, 2.75) is 37.8 Å². The van der Waals surface area contributed by atoms with Crippen LogP contribution in [0.15, 0.2) is 6.07 Å². The number of ketones is 4. The van der Waals surface area contributed by atoms with Gasteiger partial charge in [-0.3, -0.25) is 28.9 Å². The van der Waals surface area contributed by atoms with Crippen molar-refractivity contribution in [3.63, 3.8) is 0 Å². The number of nitrogen functional groups attached to an aromatic ring is 1. The van der Waals surface area contributed by atoms with E-state index in [2.05, 4.69) is 0 Å². The first-order chi connectivity index (χ1) is 15.4. The molecule has 176 valence electrons. The largest absolute Gasteiger partial charge is 0.505 e. The van der Waals surface area contributed by atoms with E-state index in [0.29, 0.717) is 12.0 Å². The summed E-state index contributed by atoms with van der Waals surface area (Å²) in [6.07, 6.45) is 0.803. The number of carbonyl (C=O) groups excluding carboxylic acids is 5. The average molecular weight is 457 g/mol. The van der Waals surface area contributed by atoms with Crippen LogP contribution in [-0.4, -0.2) is 69.9 Å². The fourth-order valence-electron chi connectivity index (χ4n) is 6.09. The summed E-state index contributed by atoms with van der Waals surface area (Å²) in [7, 11) is 3.09. The van der Waals surface area contributed by atoms with Crippen molar-refractivity contribution in [3.8, 4) is 5.75 Å². The first-order valence-electron chi connectivity index (χ1n) is 10.9. The second-order valence-electron chi connectivity index (χ2n) is 9.47. The molecule has 2 saturated carbocycles. The molecule has 0 bridgehead atoms. The van der Waals surface area contributed by atoms with Crippen molar-refractivity contribution in [3.05, 3.63) is 22.8 Å². The number of aryl methyl sites for hydroxylation is 1. The number of anilines is 1. The number of Topliss-reactive ketones (excluding diaryl/α,β-unsaturated/α-hetero) is 4. The molecule has 3 aliphatic carbocycles. The van der Waals surface area contributed by atoms with Crippen molar-refractivity contribution in [1.82, 2.24) is 4.90 Å². The van der Waals surface area contributed by atoms with Crippen LogP contribution in [0.4, 0.5) is 5.69 Å². The van der Waals surface area contributed by atoms with Gasteiger partial charge in [-0.1, -0.05) is 6.92 Å². The van der Waals surface area contributed by atoms with Crippen LogP contribution < -0.4 is 11.5 Å². The zero-order valence-electron chi connectivity index (χ0n) is 18.6. The summed E-state index contributed by atoms with van der Waals surface area (Å²) in [6, 6.07) is 0.480. The molecular formula is C23H27N3O7. The van der Waals surface area contributed by atoms with E-state index in [1.165, 1.54) is 4.90 Å². The Morgan fingerprint density at radius 1 is 1.21 bits per heavy atom. The molecule has 1 amide bonds. The molecule has 0 aromatic heterocycles. The van der Waals surface area contributed by atoms with E-state index in [0.717, 1.165) is 5.56 Å². The number of hydrogen-bond donors (Lipinski definition) is 4. The number of rotatable bonds is 3. The molecule has 4 rings (SSSR count). The minimum absolute atomic E-state index is 0.00181. The predicted octanol–water partition coefficient (Wildman–Crippen LogP) is -0.988. The fraction of sp³-hybridized carbons (Fsp3) is 0.522. The van der Waals surface area contributed by atoms with Gasteiger partial charge in [-0.05, 0) is 56.5 Å². The zero-order chi connectivity index (χ0) is 24.6. The first kappa shape index (κ1) is 23.1. The van der Waals surface area contributed by atoms with Crippen LogP contribution in [0.3, 0.4) is 0 Å². The van der Waals surface area contributed by atoms with E-state index in [1.807, 2.05) is 6.92 Å². The number of aliphatic hydroxyl groups is 1. The van der Waals surface area contributed by atoms with Gasteiger partial charge in [0.05, 0.1) is 23.2 Å². The van der Waals surface area contributed by atoms with Gasteiger partial charge >= 0.3 is 0 Å². The Kier molecular flexibility index (Phi) is 5.21. The average Bonchev–Trinajstić information content (AvgIpc) is 2.72. The Morgan fingerprint density at radius 2 is 1.85 bits per heavy atom. The summed E-state index contributed by atoms with van der Waals surface area (Å²) in [5.74, 6) is -10.6. The van der Waals surface area contributed by atoms with E-state index < -0.39 is 70.1 Å². The minimum atomic E-state index is -2.72. The molecule has 0 radical (unpaired) electrons. The van der Waals surface area contributed by atoms with Crippen molar-refractivity contribution in [2.24, 2.45) is 29.4 Å². The molecule has 6 atom stereocenters. The number of hydrogen-bond acceptors (Lipinski definition) is 9. The lowest BCUT2D eigenvalue weighted by Crippen LogP contribution is -2.74. The number of benzene rings is 1. The van der Waals surface area contributed by atoms with Crippen molar-refractivity contribution in [1.29, 1.82) is 0 Å². The molecule has 1 aromatic rings. The number of phenolic OH excluding ortho intramolecular Hbond substituents is 1. The Labute approximate surface area is 189 Å². The molecule has 0 aliphatic heterocycles. The van der Waals surface area contributed by atoms with Crippen molar-refractivity contribution >= 4 is 34.7 Å². The Morgan fingerprint density at radius 3 is 2.39 bits per heavy atom. The van der Waals surface area contributed by atoms with Crippen molar-refractivity contribution < 1.29 is 34.2 Å². The summed E-state index contributed by atoms with van der Waals surface area (Å²) >= 11 is 0. The van der Waals surface area contributed by atoms with E-state index >= 15 is 0 Å². The van der Waals surface area contributed by atoms with Crippen LogP contribution in [0.1, 0.15) is 34.8 Å². The zero-order valence-corrected chi connectivity index (χ0v) is 18.6. The van der Waals surface area contributed by atoms with Gasteiger partial charge in [0.25, 0.3) is 0 Å². The van der Waals surface area contributed by atoms with Gasteiger partial charge in [-0.15, -0.1) is 0 Å². The maximum atomic E-state index is 13.7. The van der Waals surface area contributed by atoms with E-state index in [9.17, 15) is 34.2 Å². The SMILES string of the molecule is CCc1cc(N)c(O)c2c1C[C@H]1C[C@H]3[C@H](N(C)C)C(=O)C(C(N)=O)C(=O)[C@@]3(O)C(=O)C1C2=O. The normalized spacial score (nSPS) is 33.5. The number of carbonyl (C=O) groups is 5. The molecule has 33 heavy (non-hydrogen) atoms. The van der Waals surface area contributed by atoms with E-state index in [1.54, 1.807) is 20.2 Å². The fourth-order valence-corrected chi connectivity index (χ4v) is 6.09. The molecule has 3 aliphatic rings. The van der Waals surface area contributed by atoms with Gasteiger partial charge in [0, 0.05) is 5.92 Å². The van der Waals surface area contributed by atoms with E-state index in [-0.39, 0.29) is 24.1 Å². The number of nitrogens with two attached hydrogens (primary N) is 2. The highest BCUT2D eigenvalue weighted by Crippen LogP contribution is 2.51. The molecular weight excluding hydrogens is 430 g/mol. The topological polar surface area (TPSA) is 181 Å². The van der Waals surface area contributed by atoms with Crippen molar-refractivity contribution in [2.75, 3.05) is 19.8 Å². The second-order valence-corrected chi connectivity index (χ2v) is 9.47. The molecule has 1 aromatic carbocycles. The summed E-state index contributed by atoms with van der Waals surface area (Å²) in [5, 5.41) is 22.0. The number of amides is 1. The number of phenols is 1. The number of primary amides is 1. The standard InChI is InChI=1S/C23H27N3O7/c1-4-8-7-12(24)17(27)14-10(8)5-9-6-11-16(26(2)3)19(29)15(22(25)32)21(31)23(11,33)20(30)13(9)18(14)28/h7,9,11,13,15-16,27,33H,4-6,24H2,1-3H3,(H2,25,32)/t9-,11-,13?,15?,16-,23-/m0/s1. The Bertz CT molecular complexity index is 1130. The third-order valence-corrected chi connectivity index (χ3v) is 7.56. The van der Waals surface area contributed by atoms with Gasteiger partial charge in [0.15, 0.2) is 34.7 Å². The van der Waals surface area contributed by atoms with E-state index in [4.69, 9.17) is 11.5 Å². The number of likely N-dealkylation sites (N-methyl/N-ethyl adjacent to an activating group) is 1. The minimum Gasteiger partial charge on any atom is -0.505 e. The highest BCUT2D eigenvalue weighted by atomic mass is 16.3. The Hall–Kier alpha value is -3.11. The molecule has 2 unspecified atom stereocenters. The second kappa shape index (κ2) is 7.46. The van der Waals surface area contributed by atoms with Gasteiger partial charge < -0.3 is 21.7 Å². The third-order valence-electron chi connectivity index (χ3n) is 7.56. The molecule has 10 heteroatoms. The quantitative estimate of drug-likeness (QED) is 0.252. The maximum Gasteiger partial charge on any atom is 0.235 e. The highest BCUT2D eigenvalue weighted by Gasteiger charge is 2.69. The summed E-state index contributed by atoms with van der Waals surface area (Å²) in [6.45, 7) is 1.87. The summed E-state index contributed by atoms with van der Waals surface area (Å²) in [5.41, 5.74) is 9.71. The Balaban J connectivity index is 1.90. The maximum absolute atomic E-state index is 13.7. The van der Waals surface area contributed by atoms with Gasteiger partial charge in [0.2, 0.25) is 5.91 Å². The molecule has 6 N–H and O–H groups in total. The van der Waals surface area contributed by atoms with Crippen LogP contribution in [0.25, 0.3) is 0 Å². The number of fused-ring (bicyclic) bond motifs is 3. The number of nitrogens with zero attached hydrogens (tertiary/aromatic N) is 1. The van der Waals surface area contributed by atoms with Gasteiger partial charge in [0.1, 0.15) is 5.75 Å². The first-order valence-corrected chi connectivity index (χ1v) is 10.9. The van der Waals surface area contributed by atoms with Gasteiger partial charge in [-0.2, -0.15) is 0 Å². The lowest BCUT2D eigenvalue weighted by molar-refractivity contribution is -0.181. The smallest absolute Gasteiger partial charge is 0.235 e. The van der Waals surface area contributed by atoms with Crippen LogP contribution in [0.2, 0.25) is 0 Å². The lowest BCUT2D eigenvalue weighted by atomic mass is 9.52. The van der Waals surface area contributed by atoms with Crippen LogP contribution in [0, 0.1) is 23.7 Å². The van der Waals surface area contributed by atoms with Crippen LogP contribution in [0.5, 0.6) is 5.75 Å². The van der Waals surface area contributed by atoms with Crippen LogP contribution in [-0.2, 0) is 32.0 Å². The molecule has 2 fully saturated rings. The monoisotopic (exact) mass is 457 g/mol. The lowest BCUT2D eigenvalue weighted by Gasteiger charge is -2.52. The molecule has 0 spiro atoms. The van der Waals surface area contributed by atoms with Crippen LogP contribution >= 0.6 is 0 Å². The molecule has 0 saturated heterocycles. The highest BCUT2D eigenvalue weighted by molar-refractivity contribution is 6.32.